The lowest BCUT2D eigenvalue weighted by Gasteiger charge is -2.29. The summed E-state index contributed by atoms with van der Waals surface area (Å²) in [4.78, 5) is 31.2. The van der Waals surface area contributed by atoms with Crippen molar-refractivity contribution in [2.45, 2.75) is 58.9 Å². The van der Waals surface area contributed by atoms with Crippen molar-refractivity contribution < 1.29 is 4.79 Å². The van der Waals surface area contributed by atoms with Crippen LogP contribution in [0.25, 0.3) is 6.08 Å². The molecule has 0 N–H and O–H groups in total. The highest BCUT2D eigenvalue weighted by molar-refractivity contribution is 8.26. The van der Waals surface area contributed by atoms with Crippen molar-refractivity contribution in [3.63, 3.8) is 0 Å². The molecule has 0 spiro atoms. The second-order valence-electron chi connectivity index (χ2n) is 9.28. The van der Waals surface area contributed by atoms with Crippen LogP contribution in [-0.2, 0) is 17.8 Å². The molecule has 4 rings (SSSR count). The fourth-order valence-corrected chi connectivity index (χ4v) is 6.20. The van der Waals surface area contributed by atoms with E-state index in [2.05, 4.69) is 11.0 Å². The van der Waals surface area contributed by atoms with E-state index in [9.17, 15) is 14.9 Å². The maximum absolute atomic E-state index is 13.4. The van der Waals surface area contributed by atoms with E-state index < -0.39 is 0 Å². The maximum Gasteiger partial charge on any atom is 0.270 e. The first kappa shape index (κ1) is 26.2. The maximum atomic E-state index is 13.4. The predicted molar refractivity (Wildman–Crippen MR) is 151 cm³/mol. The van der Waals surface area contributed by atoms with Gasteiger partial charge in [0.15, 0.2) is 0 Å². The van der Waals surface area contributed by atoms with Crippen molar-refractivity contribution in [2.75, 3.05) is 24.5 Å². The van der Waals surface area contributed by atoms with Crippen LogP contribution in [0.5, 0.6) is 0 Å². The van der Waals surface area contributed by atoms with E-state index in [1.807, 2.05) is 50.3 Å². The standard InChI is InChI=1S/C28H32N4O2S2/c1-3-14-31-25(30-15-9-4-5-10-16-30)22(20(2)23(19-29)26(31)33)18-24-27(34)32(28(35)36-24)17-13-21-11-7-6-8-12-21/h6-8,11-12,18H,3-5,9-10,13-17H2,1-2H3. The summed E-state index contributed by atoms with van der Waals surface area (Å²) in [5.74, 6) is 0.712. The summed E-state index contributed by atoms with van der Waals surface area (Å²) >= 11 is 6.88. The van der Waals surface area contributed by atoms with Gasteiger partial charge in [0.2, 0.25) is 0 Å². The van der Waals surface area contributed by atoms with Gasteiger partial charge in [-0.05, 0) is 49.8 Å². The Morgan fingerprint density at radius 3 is 2.42 bits per heavy atom. The molecule has 2 aliphatic rings. The Hall–Kier alpha value is -2.89. The highest BCUT2D eigenvalue weighted by Gasteiger charge is 2.33. The number of nitriles is 1. The molecule has 2 aliphatic heterocycles. The zero-order valence-electron chi connectivity index (χ0n) is 21.0. The van der Waals surface area contributed by atoms with Gasteiger partial charge in [-0.1, -0.05) is 74.1 Å². The van der Waals surface area contributed by atoms with Crippen molar-refractivity contribution in [2.24, 2.45) is 0 Å². The lowest BCUT2D eigenvalue weighted by atomic mass is 10.0. The number of benzene rings is 1. The normalized spacial score (nSPS) is 17.5. The Balaban J connectivity index is 1.76. The smallest absolute Gasteiger partial charge is 0.270 e. The highest BCUT2D eigenvalue weighted by atomic mass is 32.2. The van der Waals surface area contributed by atoms with Gasteiger partial charge in [0.1, 0.15) is 21.8 Å². The minimum absolute atomic E-state index is 0.117. The number of pyridine rings is 1. The number of anilines is 1. The number of carbonyl (C=O) groups is 1. The first-order valence-electron chi connectivity index (χ1n) is 12.7. The third-order valence-corrected chi connectivity index (χ3v) is 8.19. The summed E-state index contributed by atoms with van der Waals surface area (Å²) in [6, 6.07) is 12.2. The quantitative estimate of drug-likeness (QED) is 0.366. The number of thiocarbonyl (C=S) groups is 1. The molecule has 0 saturated carbocycles. The van der Waals surface area contributed by atoms with Gasteiger partial charge in [-0.25, -0.2) is 0 Å². The molecule has 0 aliphatic carbocycles. The average Bonchev–Trinajstić information content (AvgIpc) is 3.04. The van der Waals surface area contributed by atoms with Crippen LogP contribution in [0.4, 0.5) is 5.82 Å². The number of rotatable bonds is 7. The zero-order chi connectivity index (χ0) is 25.7. The van der Waals surface area contributed by atoms with Gasteiger partial charge in [0.05, 0.1) is 4.91 Å². The van der Waals surface area contributed by atoms with E-state index in [1.54, 1.807) is 9.47 Å². The van der Waals surface area contributed by atoms with E-state index in [-0.39, 0.29) is 17.0 Å². The Kier molecular flexibility index (Phi) is 8.65. The Labute approximate surface area is 222 Å². The van der Waals surface area contributed by atoms with Crippen LogP contribution in [0.2, 0.25) is 0 Å². The van der Waals surface area contributed by atoms with E-state index in [0.29, 0.717) is 27.9 Å². The molecule has 1 aromatic carbocycles. The molecule has 0 bridgehead atoms. The SMILES string of the molecule is CCCn1c(N2CCCCCC2)c(C=C2SC(=S)N(CCc3ccccc3)C2=O)c(C)c(C#N)c1=O. The predicted octanol–water partition coefficient (Wildman–Crippen LogP) is 5.26. The van der Waals surface area contributed by atoms with Crippen LogP contribution in [0.1, 0.15) is 61.3 Å². The molecular weight excluding hydrogens is 488 g/mol. The lowest BCUT2D eigenvalue weighted by molar-refractivity contribution is -0.122. The summed E-state index contributed by atoms with van der Waals surface area (Å²) in [5, 5.41) is 9.84. The summed E-state index contributed by atoms with van der Waals surface area (Å²) in [7, 11) is 0. The van der Waals surface area contributed by atoms with Crippen molar-refractivity contribution in [1.29, 1.82) is 5.26 Å². The number of nitrogens with zero attached hydrogens (tertiary/aromatic N) is 4. The second kappa shape index (κ2) is 11.9. The van der Waals surface area contributed by atoms with Gasteiger partial charge < -0.3 is 4.90 Å². The molecule has 36 heavy (non-hydrogen) atoms. The monoisotopic (exact) mass is 520 g/mol. The van der Waals surface area contributed by atoms with Crippen LogP contribution in [0, 0.1) is 18.3 Å². The van der Waals surface area contributed by atoms with Gasteiger partial charge in [-0.3, -0.25) is 19.1 Å². The molecule has 2 fully saturated rings. The minimum Gasteiger partial charge on any atom is -0.357 e. The molecule has 3 heterocycles. The van der Waals surface area contributed by atoms with E-state index in [0.717, 1.165) is 55.7 Å². The minimum atomic E-state index is -0.247. The Morgan fingerprint density at radius 1 is 1.08 bits per heavy atom. The average molecular weight is 521 g/mol. The summed E-state index contributed by atoms with van der Waals surface area (Å²) in [6.07, 6.45) is 7.80. The largest absolute Gasteiger partial charge is 0.357 e. The number of thioether (sulfide) groups is 1. The Morgan fingerprint density at radius 2 is 1.78 bits per heavy atom. The van der Waals surface area contributed by atoms with Gasteiger partial charge >= 0.3 is 0 Å². The van der Waals surface area contributed by atoms with Crippen LogP contribution in [0.15, 0.2) is 40.0 Å². The number of hydrogen-bond donors (Lipinski definition) is 0. The van der Waals surface area contributed by atoms with Crippen molar-refractivity contribution in [3.05, 3.63) is 67.8 Å². The zero-order valence-corrected chi connectivity index (χ0v) is 22.6. The first-order chi connectivity index (χ1) is 17.5. The Bertz CT molecular complexity index is 1270. The third-order valence-electron chi connectivity index (χ3n) is 6.82. The number of aromatic nitrogens is 1. The molecule has 0 atom stereocenters. The van der Waals surface area contributed by atoms with E-state index in [1.165, 1.54) is 24.6 Å². The van der Waals surface area contributed by atoms with Crippen LogP contribution in [-0.4, -0.2) is 39.3 Å². The molecule has 2 aromatic rings. The molecule has 6 nitrogen and oxygen atoms in total. The van der Waals surface area contributed by atoms with Crippen molar-refractivity contribution in [3.8, 4) is 6.07 Å². The van der Waals surface area contributed by atoms with E-state index >= 15 is 0 Å². The highest BCUT2D eigenvalue weighted by Crippen LogP contribution is 2.36. The molecule has 1 aromatic heterocycles. The van der Waals surface area contributed by atoms with Gasteiger partial charge in [-0.2, -0.15) is 5.26 Å². The van der Waals surface area contributed by atoms with Crippen LogP contribution in [0.3, 0.4) is 0 Å². The first-order valence-corrected chi connectivity index (χ1v) is 13.9. The van der Waals surface area contributed by atoms with E-state index in [4.69, 9.17) is 12.2 Å². The summed E-state index contributed by atoms with van der Waals surface area (Å²) in [6.45, 7) is 6.60. The molecule has 0 radical (unpaired) electrons. The van der Waals surface area contributed by atoms with Crippen LogP contribution >= 0.6 is 24.0 Å². The summed E-state index contributed by atoms with van der Waals surface area (Å²) < 4.78 is 2.29. The second-order valence-corrected chi connectivity index (χ2v) is 11.0. The molecule has 0 unspecified atom stereocenters. The fraction of sp³-hybridized carbons (Fsp3) is 0.429. The number of amides is 1. The molecule has 2 saturated heterocycles. The molecular formula is C28H32N4O2S2. The fourth-order valence-electron chi connectivity index (χ4n) is 4.91. The van der Waals surface area contributed by atoms with Gasteiger partial charge in [0, 0.05) is 31.7 Å². The van der Waals surface area contributed by atoms with Gasteiger partial charge in [0.25, 0.3) is 11.5 Å². The van der Waals surface area contributed by atoms with Crippen LogP contribution < -0.4 is 10.5 Å². The molecule has 1 amide bonds. The van der Waals surface area contributed by atoms with Crippen molar-refractivity contribution in [1.82, 2.24) is 9.47 Å². The summed E-state index contributed by atoms with van der Waals surface area (Å²) in [5.41, 5.74) is 2.46. The number of hydrogen-bond acceptors (Lipinski definition) is 6. The van der Waals surface area contributed by atoms with Gasteiger partial charge in [-0.15, -0.1) is 0 Å². The topological polar surface area (TPSA) is 69.3 Å². The lowest BCUT2D eigenvalue weighted by Crippen LogP contribution is -2.35. The molecule has 8 heteroatoms. The van der Waals surface area contributed by atoms with Crippen molar-refractivity contribution >= 4 is 46.1 Å². The number of carbonyl (C=O) groups excluding carboxylic acids is 1. The molecule has 188 valence electrons. The third kappa shape index (κ3) is 5.42.